The average molecular weight is 220 g/mol. The molecule has 0 aromatic carbocycles. The van der Waals surface area contributed by atoms with E-state index >= 15 is 0 Å². The molecule has 0 rings (SSSR count). The molecule has 0 heterocycles. The van der Waals surface area contributed by atoms with Gasteiger partial charge in [-0.05, 0) is 18.9 Å². The Labute approximate surface area is 88.1 Å². The number of hydrogen-bond donors (Lipinski definition) is 2. The molecule has 0 radical (unpaired) electrons. The van der Waals surface area contributed by atoms with E-state index in [-0.39, 0.29) is 11.7 Å². The van der Waals surface area contributed by atoms with Gasteiger partial charge in [-0.3, -0.25) is 9.00 Å². The third-order valence-corrected chi connectivity index (χ3v) is 2.90. The summed E-state index contributed by atoms with van der Waals surface area (Å²) in [5, 5.41) is 2.73. The highest BCUT2D eigenvalue weighted by Gasteiger charge is 2.07. The van der Waals surface area contributed by atoms with Gasteiger partial charge in [-0.15, -0.1) is 0 Å². The molecule has 14 heavy (non-hydrogen) atoms. The van der Waals surface area contributed by atoms with Crippen molar-refractivity contribution >= 4 is 16.7 Å². The van der Waals surface area contributed by atoms with Crippen LogP contribution in [0.4, 0.5) is 0 Å². The molecular weight excluding hydrogens is 200 g/mol. The van der Waals surface area contributed by atoms with Gasteiger partial charge in [0.25, 0.3) is 0 Å². The summed E-state index contributed by atoms with van der Waals surface area (Å²) >= 11 is 0. The summed E-state index contributed by atoms with van der Waals surface area (Å²) in [7, 11) is -1.06. The van der Waals surface area contributed by atoms with Crippen molar-refractivity contribution in [2.45, 2.75) is 20.3 Å². The van der Waals surface area contributed by atoms with Crippen molar-refractivity contribution in [2.24, 2.45) is 11.7 Å². The molecule has 0 aliphatic carbocycles. The number of carbonyl (C=O) groups excluding carboxylic acids is 1. The quantitative estimate of drug-likeness (QED) is 0.627. The second-order valence-electron chi connectivity index (χ2n) is 3.63. The molecule has 0 saturated carbocycles. The molecule has 0 aromatic heterocycles. The fourth-order valence-corrected chi connectivity index (χ4v) is 1.86. The molecule has 0 spiro atoms. The first kappa shape index (κ1) is 13.6. The number of amides is 1. The molecule has 84 valence electrons. The van der Waals surface area contributed by atoms with E-state index < -0.39 is 10.8 Å². The zero-order valence-corrected chi connectivity index (χ0v) is 9.73. The number of nitrogens with two attached hydrogens (primary N) is 1. The Kier molecular flexibility index (Phi) is 7.70. The van der Waals surface area contributed by atoms with Gasteiger partial charge in [0.15, 0.2) is 0 Å². The number of nitrogens with one attached hydrogen (secondary N) is 1. The Morgan fingerprint density at radius 3 is 2.64 bits per heavy atom. The minimum Gasteiger partial charge on any atom is -0.355 e. The van der Waals surface area contributed by atoms with Gasteiger partial charge in [-0.1, -0.05) is 13.8 Å². The van der Waals surface area contributed by atoms with Gasteiger partial charge >= 0.3 is 0 Å². The van der Waals surface area contributed by atoms with Gasteiger partial charge in [0.05, 0.1) is 0 Å². The molecule has 0 aliphatic rings. The lowest BCUT2D eigenvalue weighted by molar-refractivity contribution is -0.118. The van der Waals surface area contributed by atoms with Crippen molar-refractivity contribution in [3.63, 3.8) is 0 Å². The van der Waals surface area contributed by atoms with Gasteiger partial charge < -0.3 is 11.1 Å². The van der Waals surface area contributed by atoms with Crippen LogP contribution in [-0.4, -0.2) is 34.7 Å². The van der Waals surface area contributed by atoms with E-state index in [1.165, 1.54) is 0 Å². The Morgan fingerprint density at radius 2 is 2.14 bits per heavy atom. The monoisotopic (exact) mass is 220 g/mol. The Morgan fingerprint density at radius 1 is 1.50 bits per heavy atom. The van der Waals surface area contributed by atoms with Crippen LogP contribution >= 0.6 is 0 Å². The molecular formula is C9H20N2O2S. The van der Waals surface area contributed by atoms with E-state index in [0.717, 1.165) is 0 Å². The summed E-state index contributed by atoms with van der Waals surface area (Å²) in [6, 6.07) is 0. The minimum absolute atomic E-state index is 0.104. The fourth-order valence-electron chi connectivity index (χ4n) is 0.832. The summed E-state index contributed by atoms with van der Waals surface area (Å²) in [4.78, 5) is 11.2. The zero-order chi connectivity index (χ0) is 11.0. The van der Waals surface area contributed by atoms with E-state index in [0.29, 0.717) is 31.2 Å². The summed E-state index contributed by atoms with van der Waals surface area (Å²) < 4.78 is 11.3. The first-order valence-electron chi connectivity index (χ1n) is 4.88. The van der Waals surface area contributed by atoms with Crippen LogP contribution < -0.4 is 11.1 Å². The largest absolute Gasteiger partial charge is 0.355 e. The highest BCUT2D eigenvalue weighted by atomic mass is 32.2. The molecule has 1 atom stereocenters. The Bertz CT molecular complexity index is 195. The molecule has 1 unspecified atom stereocenters. The molecule has 1 amide bonds. The van der Waals surface area contributed by atoms with Crippen molar-refractivity contribution in [1.82, 2.24) is 5.32 Å². The van der Waals surface area contributed by atoms with Gasteiger partial charge in [-0.2, -0.15) is 0 Å². The van der Waals surface area contributed by atoms with Crippen LogP contribution in [0.5, 0.6) is 0 Å². The van der Waals surface area contributed by atoms with E-state index in [4.69, 9.17) is 5.73 Å². The van der Waals surface area contributed by atoms with Crippen LogP contribution in [0, 0.1) is 5.92 Å². The normalized spacial score (nSPS) is 12.9. The predicted molar refractivity (Wildman–Crippen MR) is 59.4 cm³/mol. The topological polar surface area (TPSA) is 72.2 Å². The molecule has 0 fully saturated rings. The highest BCUT2D eigenvalue weighted by molar-refractivity contribution is 7.85. The van der Waals surface area contributed by atoms with Crippen LogP contribution in [0.15, 0.2) is 0 Å². The van der Waals surface area contributed by atoms with Crippen molar-refractivity contribution in [3.05, 3.63) is 0 Å². The predicted octanol–water partition coefficient (Wildman–Crippen LogP) is -0.144. The second kappa shape index (κ2) is 7.94. The van der Waals surface area contributed by atoms with Crippen LogP contribution in [-0.2, 0) is 15.6 Å². The van der Waals surface area contributed by atoms with Crippen molar-refractivity contribution in [2.75, 3.05) is 24.6 Å². The van der Waals surface area contributed by atoms with Gasteiger partial charge in [0.2, 0.25) is 5.91 Å². The third-order valence-electron chi connectivity index (χ3n) is 1.58. The molecule has 4 nitrogen and oxygen atoms in total. The molecule has 0 bridgehead atoms. The van der Waals surface area contributed by atoms with Crippen LogP contribution in [0.2, 0.25) is 0 Å². The summed E-state index contributed by atoms with van der Waals surface area (Å²) in [6.07, 6.45) is 0.712. The first-order valence-corrected chi connectivity index (χ1v) is 6.36. The highest BCUT2D eigenvalue weighted by Crippen LogP contribution is 1.89. The number of hydrogen-bond acceptors (Lipinski definition) is 3. The van der Waals surface area contributed by atoms with Gasteiger partial charge in [0, 0.05) is 23.1 Å². The summed E-state index contributed by atoms with van der Waals surface area (Å²) in [5.74, 6) is 0.920. The lowest BCUT2D eigenvalue weighted by Gasteiger charge is -2.07. The van der Waals surface area contributed by atoms with Crippen LogP contribution in [0.1, 0.15) is 20.3 Å². The molecule has 5 heteroatoms. The van der Waals surface area contributed by atoms with E-state index in [9.17, 15) is 9.00 Å². The maximum Gasteiger partial charge on any atom is 0.232 e. The summed E-state index contributed by atoms with van der Waals surface area (Å²) in [6.45, 7) is 5.21. The second-order valence-corrected chi connectivity index (χ2v) is 5.21. The molecule has 0 aromatic rings. The zero-order valence-electron chi connectivity index (χ0n) is 8.91. The van der Waals surface area contributed by atoms with E-state index in [1.807, 2.05) is 13.8 Å². The molecule has 0 saturated heterocycles. The van der Waals surface area contributed by atoms with E-state index in [2.05, 4.69) is 5.32 Å². The van der Waals surface area contributed by atoms with E-state index in [1.54, 1.807) is 0 Å². The lowest BCUT2D eigenvalue weighted by Crippen LogP contribution is -2.31. The smallest absolute Gasteiger partial charge is 0.232 e. The minimum atomic E-state index is -1.06. The van der Waals surface area contributed by atoms with Crippen molar-refractivity contribution in [1.29, 1.82) is 0 Å². The summed E-state index contributed by atoms with van der Waals surface area (Å²) in [5.41, 5.74) is 5.27. The first-order chi connectivity index (χ1) is 6.56. The standard InChI is InChI=1S/C9H20N2O2S/c1-8(2)6-11-9(12)7-14(13)5-3-4-10/h8H,3-7,10H2,1-2H3,(H,11,12). The maximum atomic E-state index is 11.3. The lowest BCUT2D eigenvalue weighted by atomic mass is 10.2. The van der Waals surface area contributed by atoms with Crippen molar-refractivity contribution < 1.29 is 9.00 Å². The number of rotatable bonds is 7. The molecule has 3 N–H and O–H groups in total. The van der Waals surface area contributed by atoms with Gasteiger partial charge in [0.1, 0.15) is 5.75 Å². The third kappa shape index (κ3) is 8.19. The molecule has 0 aliphatic heterocycles. The van der Waals surface area contributed by atoms with Crippen molar-refractivity contribution in [3.8, 4) is 0 Å². The Hall–Kier alpha value is -0.420. The number of carbonyl (C=O) groups is 1. The average Bonchev–Trinajstić information content (AvgIpc) is 2.11. The fraction of sp³-hybridized carbons (Fsp3) is 0.889. The van der Waals surface area contributed by atoms with Crippen LogP contribution in [0.3, 0.4) is 0 Å². The Balaban J connectivity index is 3.55. The maximum absolute atomic E-state index is 11.3. The van der Waals surface area contributed by atoms with Crippen LogP contribution in [0.25, 0.3) is 0 Å². The van der Waals surface area contributed by atoms with Gasteiger partial charge in [-0.25, -0.2) is 0 Å². The SMILES string of the molecule is CC(C)CNC(=O)CS(=O)CCCN.